The molecule has 0 unspecified atom stereocenters. The van der Waals surface area contributed by atoms with E-state index in [1.807, 2.05) is 0 Å². The van der Waals surface area contributed by atoms with Crippen LogP contribution in [-0.2, 0) is 16.1 Å². The lowest BCUT2D eigenvalue weighted by Crippen LogP contribution is -1.99. The maximum absolute atomic E-state index is 11.7. The fourth-order valence-electron chi connectivity index (χ4n) is 2.02. The molecule has 0 fully saturated rings. The van der Waals surface area contributed by atoms with Crippen molar-refractivity contribution in [3.63, 3.8) is 0 Å². The van der Waals surface area contributed by atoms with E-state index < -0.39 is 5.97 Å². The predicted molar refractivity (Wildman–Crippen MR) is 91.7 cm³/mol. The van der Waals surface area contributed by atoms with Gasteiger partial charge in [-0.15, -0.1) is 0 Å². The zero-order valence-corrected chi connectivity index (χ0v) is 13.9. The second-order valence-electron chi connectivity index (χ2n) is 4.82. The molecule has 0 atom stereocenters. The molecule has 1 aromatic carbocycles. The highest BCUT2D eigenvalue weighted by Crippen LogP contribution is 2.34. The van der Waals surface area contributed by atoms with Crippen LogP contribution in [0.25, 0.3) is 17.4 Å². The number of carbonyl (C=O) groups is 1. The third-order valence-electron chi connectivity index (χ3n) is 3.16. The number of rotatable bonds is 5. The molecule has 2 aromatic heterocycles. The first kappa shape index (κ1) is 16.4. The maximum atomic E-state index is 11.7. The number of furan rings is 2. The van der Waals surface area contributed by atoms with Gasteiger partial charge < -0.3 is 13.6 Å². The highest BCUT2D eigenvalue weighted by Gasteiger charge is 2.11. The Hall–Kier alpha value is -2.43. The number of hydrogen-bond acceptors (Lipinski definition) is 4. The molecule has 4 nitrogen and oxygen atoms in total. The van der Waals surface area contributed by atoms with E-state index in [0.29, 0.717) is 32.9 Å². The summed E-state index contributed by atoms with van der Waals surface area (Å²) in [7, 11) is 0. The standard InChI is InChI=1S/C18H12Cl2O4/c19-15-5-1-4-14(18(15)20)16-8-6-13(24-16)11-23-17(21)9-7-12-3-2-10-22-12/h1-10H,11H2. The summed E-state index contributed by atoms with van der Waals surface area (Å²) in [6.45, 7) is 0.0134. The largest absolute Gasteiger partial charge is 0.465 e. The summed E-state index contributed by atoms with van der Waals surface area (Å²) >= 11 is 12.2. The van der Waals surface area contributed by atoms with Gasteiger partial charge >= 0.3 is 5.97 Å². The van der Waals surface area contributed by atoms with Crippen LogP contribution < -0.4 is 0 Å². The first-order valence-electron chi connectivity index (χ1n) is 7.05. The summed E-state index contributed by atoms with van der Waals surface area (Å²) in [4.78, 5) is 11.7. The van der Waals surface area contributed by atoms with Gasteiger partial charge in [-0.25, -0.2) is 4.79 Å². The van der Waals surface area contributed by atoms with Crippen molar-refractivity contribution < 1.29 is 18.4 Å². The Morgan fingerprint density at radius 2 is 2.00 bits per heavy atom. The molecular weight excluding hydrogens is 351 g/mol. The van der Waals surface area contributed by atoms with Crippen LogP contribution in [0.1, 0.15) is 11.5 Å². The highest BCUT2D eigenvalue weighted by molar-refractivity contribution is 6.43. The summed E-state index contributed by atoms with van der Waals surface area (Å²) in [5.41, 5.74) is 0.680. The molecule has 0 saturated heterocycles. The topological polar surface area (TPSA) is 52.6 Å². The average Bonchev–Trinajstić information content (AvgIpc) is 3.25. The van der Waals surface area contributed by atoms with E-state index in [-0.39, 0.29) is 6.61 Å². The third-order valence-corrected chi connectivity index (χ3v) is 3.98. The Labute approximate surface area is 148 Å². The van der Waals surface area contributed by atoms with E-state index in [2.05, 4.69) is 0 Å². The van der Waals surface area contributed by atoms with E-state index >= 15 is 0 Å². The molecule has 0 saturated carbocycles. The van der Waals surface area contributed by atoms with Crippen LogP contribution in [-0.4, -0.2) is 5.97 Å². The fraction of sp³-hybridized carbons (Fsp3) is 0.0556. The molecule has 2 heterocycles. The molecule has 3 aromatic rings. The van der Waals surface area contributed by atoms with Crippen molar-refractivity contribution in [2.75, 3.05) is 0 Å². The minimum Gasteiger partial charge on any atom is -0.465 e. The second-order valence-corrected chi connectivity index (χ2v) is 5.61. The Balaban J connectivity index is 1.62. The summed E-state index contributed by atoms with van der Waals surface area (Å²) in [6, 6.07) is 12.2. The third kappa shape index (κ3) is 3.91. The second kappa shape index (κ2) is 7.43. The van der Waals surface area contributed by atoms with Gasteiger partial charge in [0.25, 0.3) is 0 Å². The van der Waals surface area contributed by atoms with Crippen LogP contribution in [0.5, 0.6) is 0 Å². The molecule has 0 aliphatic heterocycles. The van der Waals surface area contributed by atoms with Gasteiger partial charge in [0.05, 0.1) is 16.3 Å². The Bertz CT molecular complexity index is 863. The van der Waals surface area contributed by atoms with E-state index in [0.717, 1.165) is 0 Å². The molecule has 0 aliphatic carbocycles. The highest BCUT2D eigenvalue weighted by atomic mass is 35.5. The normalized spacial score (nSPS) is 11.1. The number of carbonyl (C=O) groups excluding carboxylic acids is 1. The number of ether oxygens (including phenoxy) is 1. The number of hydrogen-bond donors (Lipinski definition) is 0. The molecule has 0 amide bonds. The predicted octanol–water partition coefficient (Wildman–Crippen LogP) is 5.60. The van der Waals surface area contributed by atoms with Crippen molar-refractivity contribution in [2.45, 2.75) is 6.61 Å². The summed E-state index contributed by atoms with van der Waals surface area (Å²) in [6.07, 6.45) is 4.34. The van der Waals surface area contributed by atoms with Gasteiger partial charge in [0.15, 0.2) is 0 Å². The molecular formula is C18H12Cl2O4. The van der Waals surface area contributed by atoms with Gasteiger partial charge in [-0.1, -0.05) is 29.3 Å². The Morgan fingerprint density at radius 1 is 1.12 bits per heavy atom. The minimum atomic E-state index is -0.495. The lowest BCUT2D eigenvalue weighted by atomic mass is 10.2. The molecule has 0 aliphatic rings. The quantitative estimate of drug-likeness (QED) is 0.437. The van der Waals surface area contributed by atoms with Crippen LogP contribution in [0, 0.1) is 0 Å². The van der Waals surface area contributed by atoms with Gasteiger partial charge in [-0.3, -0.25) is 0 Å². The molecule has 122 valence electrons. The van der Waals surface area contributed by atoms with E-state index in [9.17, 15) is 4.79 Å². The monoisotopic (exact) mass is 362 g/mol. The molecule has 0 spiro atoms. The van der Waals surface area contributed by atoms with Crippen molar-refractivity contribution >= 4 is 35.2 Å². The van der Waals surface area contributed by atoms with Crippen LogP contribution >= 0.6 is 23.2 Å². The van der Waals surface area contributed by atoms with Crippen molar-refractivity contribution in [2.24, 2.45) is 0 Å². The first-order valence-corrected chi connectivity index (χ1v) is 7.80. The Morgan fingerprint density at radius 3 is 2.79 bits per heavy atom. The van der Waals surface area contributed by atoms with E-state index in [1.54, 1.807) is 42.5 Å². The molecule has 24 heavy (non-hydrogen) atoms. The lowest BCUT2D eigenvalue weighted by molar-refractivity contribution is -0.139. The lowest BCUT2D eigenvalue weighted by Gasteiger charge is -2.02. The average molecular weight is 363 g/mol. The van der Waals surface area contributed by atoms with Crippen molar-refractivity contribution in [3.8, 4) is 11.3 Å². The molecule has 6 heteroatoms. The summed E-state index contributed by atoms with van der Waals surface area (Å²) in [5, 5.41) is 0.861. The Kier molecular flexibility index (Phi) is 5.08. The van der Waals surface area contributed by atoms with E-state index in [4.69, 9.17) is 36.8 Å². The summed E-state index contributed by atoms with van der Waals surface area (Å²) < 4.78 is 15.8. The molecule has 0 radical (unpaired) electrons. The van der Waals surface area contributed by atoms with Crippen LogP contribution in [0.3, 0.4) is 0 Å². The zero-order valence-electron chi connectivity index (χ0n) is 12.4. The van der Waals surface area contributed by atoms with Crippen molar-refractivity contribution in [3.05, 3.63) is 76.4 Å². The van der Waals surface area contributed by atoms with Crippen LogP contribution in [0.4, 0.5) is 0 Å². The van der Waals surface area contributed by atoms with Crippen LogP contribution in [0.2, 0.25) is 10.0 Å². The van der Waals surface area contributed by atoms with Crippen molar-refractivity contribution in [1.82, 2.24) is 0 Å². The smallest absolute Gasteiger partial charge is 0.331 e. The van der Waals surface area contributed by atoms with Gasteiger partial charge in [0.1, 0.15) is 23.9 Å². The van der Waals surface area contributed by atoms with Gasteiger partial charge in [-0.05, 0) is 42.5 Å². The van der Waals surface area contributed by atoms with Crippen LogP contribution in [0.15, 0.2) is 63.6 Å². The molecule has 3 rings (SSSR count). The SMILES string of the molecule is O=C(C=Cc1ccco1)OCc1ccc(-c2cccc(Cl)c2Cl)o1. The molecule has 0 N–H and O–H groups in total. The fourth-order valence-corrected chi connectivity index (χ4v) is 2.41. The molecule has 0 bridgehead atoms. The first-order chi connectivity index (χ1) is 11.6. The van der Waals surface area contributed by atoms with Crippen molar-refractivity contribution in [1.29, 1.82) is 0 Å². The van der Waals surface area contributed by atoms with Gasteiger partial charge in [-0.2, -0.15) is 0 Å². The zero-order chi connectivity index (χ0) is 16.9. The van der Waals surface area contributed by atoms with Gasteiger partial charge in [0, 0.05) is 11.6 Å². The maximum Gasteiger partial charge on any atom is 0.331 e. The number of benzene rings is 1. The van der Waals surface area contributed by atoms with E-state index in [1.165, 1.54) is 18.4 Å². The number of esters is 1. The van der Waals surface area contributed by atoms with Gasteiger partial charge in [0.2, 0.25) is 0 Å². The summed E-state index contributed by atoms with van der Waals surface area (Å²) in [5.74, 6) is 1.13. The minimum absolute atomic E-state index is 0.0134. The number of halogens is 2.